The Morgan fingerprint density at radius 1 is 1.03 bits per heavy atom. The number of nitrogens with one attached hydrogen (secondary N) is 1. The molecule has 0 saturated carbocycles. The van der Waals surface area contributed by atoms with Crippen LogP contribution in [0.1, 0.15) is 5.56 Å². The van der Waals surface area contributed by atoms with Crippen LogP contribution in [-0.4, -0.2) is 48.5 Å². The number of nitro groups is 1. The van der Waals surface area contributed by atoms with Gasteiger partial charge in [-0.3, -0.25) is 19.8 Å². The third kappa shape index (κ3) is 5.66. The average Bonchev–Trinajstić information content (AvgIpc) is 2.66. The molecule has 0 atom stereocenters. The summed E-state index contributed by atoms with van der Waals surface area (Å²) in [7, 11) is 0. The fourth-order valence-electron chi connectivity index (χ4n) is 3.29. The first kappa shape index (κ1) is 22.4. The van der Waals surface area contributed by atoms with Crippen LogP contribution in [0.2, 0.25) is 0 Å². The van der Waals surface area contributed by atoms with Gasteiger partial charge in [-0.1, -0.05) is 0 Å². The molecular weight excluding hydrogens is 427 g/mol. The Kier molecular flexibility index (Phi) is 6.39. The average molecular weight is 444 g/mol. The molecule has 1 amide bonds. The third-order valence-electron chi connectivity index (χ3n) is 4.73. The van der Waals surface area contributed by atoms with Gasteiger partial charge in [0.25, 0.3) is 5.69 Å². The number of nitrogens with zero attached hydrogens (tertiary/aromatic N) is 3. The van der Waals surface area contributed by atoms with E-state index < -0.39 is 39.9 Å². The van der Waals surface area contributed by atoms with Gasteiger partial charge in [0.2, 0.25) is 5.91 Å². The van der Waals surface area contributed by atoms with Crippen LogP contribution in [0.25, 0.3) is 0 Å². The Morgan fingerprint density at radius 3 is 2.19 bits per heavy atom. The Bertz CT molecular complexity index is 971. The van der Waals surface area contributed by atoms with Crippen molar-refractivity contribution in [1.82, 2.24) is 4.90 Å². The molecule has 2 aromatic carbocycles. The largest absolute Gasteiger partial charge is 0.416 e. The lowest BCUT2D eigenvalue weighted by Crippen LogP contribution is -2.48. The van der Waals surface area contributed by atoms with Crippen molar-refractivity contribution in [2.24, 2.45) is 0 Å². The zero-order chi connectivity index (χ0) is 22.8. The predicted octanol–water partition coefficient (Wildman–Crippen LogP) is 3.65. The van der Waals surface area contributed by atoms with Crippen LogP contribution < -0.4 is 10.2 Å². The van der Waals surface area contributed by atoms with E-state index in [0.717, 1.165) is 24.3 Å². The number of halogens is 5. The molecule has 0 unspecified atom stereocenters. The fourth-order valence-corrected chi connectivity index (χ4v) is 3.29. The van der Waals surface area contributed by atoms with Crippen LogP contribution >= 0.6 is 0 Å². The summed E-state index contributed by atoms with van der Waals surface area (Å²) in [5, 5.41) is 13.7. The fraction of sp³-hybridized carbons (Fsp3) is 0.316. The van der Waals surface area contributed by atoms with Gasteiger partial charge in [0, 0.05) is 44.0 Å². The molecular formula is C19H17F5N4O3. The molecule has 31 heavy (non-hydrogen) atoms. The quantitative estimate of drug-likeness (QED) is 0.433. The van der Waals surface area contributed by atoms with Gasteiger partial charge < -0.3 is 10.2 Å². The first-order valence-electron chi connectivity index (χ1n) is 9.12. The standard InChI is InChI=1S/C19H17F5N4O3/c20-13-8-14(21)10-15(9-13)25-18(29)11-26-3-5-27(6-4-26)16-2-1-12(19(22,23)24)7-17(16)28(30)31/h1-2,7-10H,3-6,11H2,(H,25,29). The number of alkyl halides is 3. The van der Waals surface area contributed by atoms with Crippen LogP contribution in [0.5, 0.6) is 0 Å². The van der Waals surface area contributed by atoms with Crippen LogP contribution in [0.4, 0.5) is 39.0 Å². The minimum Gasteiger partial charge on any atom is -0.363 e. The van der Waals surface area contributed by atoms with Crippen LogP contribution in [0.3, 0.4) is 0 Å². The molecule has 0 radical (unpaired) electrons. The summed E-state index contributed by atoms with van der Waals surface area (Å²) in [5.74, 6) is -2.16. The van der Waals surface area contributed by atoms with E-state index in [1.807, 2.05) is 0 Å². The number of hydrogen-bond donors (Lipinski definition) is 1. The van der Waals surface area contributed by atoms with Gasteiger partial charge in [-0.15, -0.1) is 0 Å². The zero-order valence-corrected chi connectivity index (χ0v) is 16.0. The third-order valence-corrected chi connectivity index (χ3v) is 4.73. The molecule has 1 N–H and O–H groups in total. The van der Waals surface area contributed by atoms with Gasteiger partial charge in [0.15, 0.2) is 0 Å². The Hall–Kier alpha value is -3.28. The van der Waals surface area contributed by atoms with Crippen molar-refractivity contribution >= 4 is 23.0 Å². The van der Waals surface area contributed by atoms with Gasteiger partial charge in [-0.2, -0.15) is 13.2 Å². The molecule has 12 heteroatoms. The minimum atomic E-state index is -4.69. The number of carbonyl (C=O) groups is 1. The monoisotopic (exact) mass is 444 g/mol. The van der Waals surface area contributed by atoms with E-state index in [1.54, 1.807) is 9.80 Å². The van der Waals surface area contributed by atoms with Crippen molar-refractivity contribution in [3.05, 3.63) is 63.7 Å². The van der Waals surface area contributed by atoms with Gasteiger partial charge in [0.1, 0.15) is 17.3 Å². The smallest absolute Gasteiger partial charge is 0.363 e. The number of anilines is 2. The molecule has 7 nitrogen and oxygen atoms in total. The second-order valence-electron chi connectivity index (χ2n) is 6.93. The molecule has 3 rings (SSSR count). The van der Waals surface area contributed by atoms with E-state index >= 15 is 0 Å². The first-order chi connectivity index (χ1) is 14.5. The summed E-state index contributed by atoms with van der Waals surface area (Å²) in [6.45, 7) is 1.02. The second kappa shape index (κ2) is 8.84. The van der Waals surface area contributed by atoms with Gasteiger partial charge in [-0.25, -0.2) is 8.78 Å². The predicted molar refractivity (Wildman–Crippen MR) is 102 cm³/mol. The maximum Gasteiger partial charge on any atom is 0.416 e. The van der Waals surface area contributed by atoms with Crippen LogP contribution in [0.15, 0.2) is 36.4 Å². The van der Waals surface area contributed by atoms with Gasteiger partial charge >= 0.3 is 6.18 Å². The summed E-state index contributed by atoms with van der Waals surface area (Å²) in [6.07, 6.45) is -4.69. The lowest BCUT2D eigenvalue weighted by atomic mass is 10.1. The Balaban J connectivity index is 1.61. The molecule has 2 aromatic rings. The molecule has 1 saturated heterocycles. The minimum absolute atomic E-state index is 0.0264. The molecule has 0 aliphatic carbocycles. The molecule has 0 bridgehead atoms. The molecule has 1 aliphatic heterocycles. The molecule has 1 aliphatic rings. The van der Waals surface area contributed by atoms with Gasteiger partial charge in [0.05, 0.1) is 17.0 Å². The van der Waals surface area contributed by atoms with E-state index in [4.69, 9.17) is 0 Å². The van der Waals surface area contributed by atoms with Crippen molar-refractivity contribution in [2.75, 3.05) is 42.9 Å². The van der Waals surface area contributed by atoms with Crippen LogP contribution in [0, 0.1) is 21.7 Å². The number of benzene rings is 2. The number of carbonyl (C=O) groups excluding carboxylic acids is 1. The lowest BCUT2D eigenvalue weighted by molar-refractivity contribution is -0.384. The van der Waals surface area contributed by atoms with Crippen LogP contribution in [-0.2, 0) is 11.0 Å². The normalized spacial score (nSPS) is 15.1. The number of hydrogen-bond acceptors (Lipinski definition) is 5. The molecule has 166 valence electrons. The molecule has 0 aromatic heterocycles. The lowest BCUT2D eigenvalue weighted by Gasteiger charge is -2.35. The maximum absolute atomic E-state index is 13.2. The highest BCUT2D eigenvalue weighted by molar-refractivity contribution is 5.92. The Labute approximate surface area is 173 Å². The summed E-state index contributed by atoms with van der Waals surface area (Å²) in [4.78, 5) is 25.8. The first-order valence-corrected chi connectivity index (χ1v) is 9.12. The van der Waals surface area contributed by atoms with E-state index in [2.05, 4.69) is 5.32 Å². The molecule has 1 heterocycles. The van der Waals surface area contributed by atoms with Crippen molar-refractivity contribution in [2.45, 2.75) is 6.18 Å². The SMILES string of the molecule is O=C(CN1CCN(c2ccc(C(F)(F)F)cc2[N+](=O)[O-])CC1)Nc1cc(F)cc(F)c1. The van der Waals surface area contributed by atoms with E-state index in [1.165, 1.54) is 0 Å². The molecule has 1 fully saturated rings. The van der Waals surface area contributed by atoms with Gasteiger partial charge in [-0.05, 0) is 24.3 Å². The van der Waals surface area contributed by atoms with Crippen molar-refractivity contribution in [1.29, 1.82) is 0 Å². The van der Waals surface area contributed by atoms with Crippen molar-refractivity contribution in [3.8, 4) is 0 Å². The second-order valence-corrected chi connectivity index (χ2v) is 6.93. The Morgan fingerprint density at radius 2 is 1.65 bits per heavy atom. The summed E-state index contributed by atoms with van der Waals surface area (Å²) in [5.41, 5.74) is -1.71. The summed E-state index contributed by atoms with van der Waals surface area (Å²) >= 11 is 0. The van der Waals surface area contributed by atoms with E-state index in [-0.39, 0.29) is 31.0 Å². The highest BCUT2D eigenvalue weighted by Gasteiger charge is 2.34. The highest BCUT2D eigenvalue weighted by Crippen LogP contribution is 2.36. The molecule has 0 spiro atoms. The summed E-state index contributed by atoms with van der Waals surface area (Å²) in [6, 6.07) is 5.00. The number of piperazine rings is 1. The topological polar surface area (TPSA) is 78.7 Å². The number of nitro benzene ring substituents is 1. The maximum atomic E-state index is 13.2. The number of rotatable bonds is 5. The summed E-state index contributed by atoms with van der Waals surface area (Å²) < 4.78 is 65.0. The van der Waals surface area contributed by atoms with Crippen molar-refractivity contribution < 1.29 is 31.7 Å². The van der Waals surface area contributed by atoms with E-state index in [0.29, 0.717) is 25.2 Å². The number of amides is 1. The van der Waals surface area contributed by atoms with Crippen molar-refractivity contribution in [3.63, 3.8) is 0 Å². The van der Waals surface area contributed by atoms with E-state index in [9.17, 15) is 36.9 Å². The zero-order valence-electron chi connectivity index (χ0n) is 16.0. The highest BCUT2D eigenvalue weighted by atomic mass is 19.4.